The van der Waals surface area contributed by atoms with Crippen LogP contribution in [0.4, 0.5) is 0 Å². The van der Waals surface area contributed by atoms with Crippen molar-refractivity contribution in [1.82, 2.24) is 22.8 Å². The number of fused-ring (bicyclic) bond motifs is 17. The lowest BCUT2D eigenvalue weighted by Gasteiger charge is -2.11. The van der Waals surface area contributed by atoms with Crippen molar-refractivity contribution in [1.29, 1.82) is 0 Å². The monoisotopic (exact) mass is 1060 g/mol. The van der Waals surface area contributed by atoms with Crippen molar-refractivity contribution in [3.05, 3.63) is 297 Å². The Bertz CT molecular complexity index is 5310. The van der Waals surface area contributed by atoms with Gasteiger partial charge in [0.1, 0.15) is 0 Å². The number of nitrogens with zero attached hydrogens (tertiary/aromatic N) is 5. The van der Waals surface area contributed by atoms with E-state index in [-0.39, 0.29) is 0 Å². The first kappa shape index (κ1) is 45.7. The molecule has 0 radical (unpaired) electrons. The first-order valence-corrected chi connectivity index (χ1v) is 28.6. The van der Waals surface area contributed by atoms with Gasteiger partial charge in [-0.2, -0.15) is 0 Å². The third-order valence-corrected chi connectivity index (χ3v) is 17.7. The zero-order valence-corrected chi connectivity index (χ0v) is 45.0. The van der Waals surface area contributed by atoms with E-state index in [2.05, 4.69) is 320 Å². The molecule has 13 aromatic carbocycles. The summed E-state index contributed by atoms with van der Waals surface area (Å²) in [5, 5.41) is 12.4. The van der Waals surface area contributed by atoms with Gasteiger partial charge in [0.2, 0.25) is 0 Å². The Morgan fingerprint density at radius 1 is 0.157 bits per heavy atom. The molecule has 18 rings (SSSR count). The smallest absolute Gasteiger partial charge is 0.0641 e. The van der Waals surface area contributed by atoms with E-state index in [4.69, 9.17) is 0 Å². The highest BCUT2D eigenvalue weighted by atomic mass is 15.0. The summed E-state index contributed by atoms with van der Waals surface area (Å²) in [7, 11) is 0. The number of hydrogen-bond donors (Lipinski definition) is 0. The average molecular weight is 1060 g/mol. The molecule has 0 unspecified atom stereocenters. The molecular weight excluding hydrogens is 1010 g/mol. The lowest BCUT2D eigenvalue weighted by Crippen LogP contribution is -1.95. The number of aromatic nitrogens is 5. The van der Waals surface area contributed by atoms with E-state index in [9.17, 15) is 0 Å². The minimum absolute atomic E-state index is 1.13. The van der Waals surface area contributed by atoms with Crippen molar-refractivity contribution in [2.24, 2.45) is 0 Å². The molecule has 386 valence electrons. The molecule has 0 aliphatic heterocycles. The maximum atomic E-state index is 2.45. The van der Waals surface area contributed by atoms with Crippen LogP contribution in [0.1, 0.15) is 0 Å². The highest BCUT2D eigenvalue weighted by molar-refractivity contribution is 6.28. The van der Waals surface area contributed by atoms with Gasteiger partial charge in [-0.3, -0.25) is 0 Å². The van der Waals surface area contributed by atoms with Gasteiger partial charge in [-0.25, -0.2) is 0 Å². The van der Waals surface area contributed by atoms with Crippen LogP contribution in [0, 0.1) is 0 Å². The molecule has 0 atom stereocenters. The van der Waals surface area contributed by atoms with Crippen LogP contribution in [-0.2, 0) is 0 Å². The van der Waals surface area contributed by atoms with Crippen molar-refractivity contribution in [2.75, 3.05) is 0 Å². The molecule has 0 bridgehead atoms. The summed E-state index contributed by atoms with van der Waals surface area (Å²) in [5.41, 5.74) is 22.4. The summed E-state index contributed by atoms with van der Waals surface area (Å²) in [4.78, 5) is 0. The summed E-state index contributed by atoms with van der Waals surface area (Å²) in [6, 6.07) is 109. The molecule has 5 nitrogen and oxygen atoms in total. The lowest BCUT2D eigenvalue weighted by molar-refractivity contribution is 1.17. The summed E-state index contributed by atoms with van der Waals surface area (Å²) < 4.78 is 12.2. The first-order valence-electron chi connectivity index (χ1n) is 28.6. The number of hydrogen-bond acceptors (Lipinski definition) is 0. The Hall–Kier alpha value is -11.1. The van der Waals surface area contributed by atoms with Crippen LogP contribution in [0.5, 0.6) is 0 Å². The van der Waals surface area contributed by atoms with Gasteiger partial charge in [0, 0.05) is 82.3 Å². The SMILES string of the molecule is c1ccc(-n2c3ccc(-c4ccc(-n5c6ccccc6c6c5ccc5c7ccccc7n(-c7ccccc7)c56)cc4)cc3c3cc(-c4ccc(-n5c6ccccc6c6c5ccc5c7ccccc7n(-c7ccccc7)c56)cc4)ccc32)cc1. The topological polar surface area (TPSA) is 24.6 Å². The van der Waals surface area contributed by atoms with E-state index in [1.165, 1.54) is 131 Å². The van der Waals surface area contributed by atoms with Gasteiger partial charge in [-0.05, 0) is 144 Å². The fraction of sp³-hybridized carbons (Fsp3) is 0. The standard InChI is InChI=1S/C78H49N5/c1-4-18-54(19-5-1)79-71-44-36-52(50-32-38-57(39-33-50)80-69-30-16-12-26-63(69)75-73(80)46-42-61-59-24-10-14-28-67(59)82(77(61)75)55-20-6-2-7-21-55)48-65(71)66-49-53(37-45-72(66)79)51-34-40-58(41-35-51)81-70-31-17-13-27-64(70)76-74(81)47-43-62-60-25-11-15-29-68(60)83(78(62)76)56-22-8-3-9-23-56/h1-49H. The minimum Gasteiger partial charge on any atom is -0.309 e. The van der Waals surface area contributed by atoms with Crippen LogP contribution < -0.4 is 0 Å². The van der Waals surface area contributed by atoms with Crippen LogP contribution in [0.3, 0.4) is 0 Å². The third-order valence-electron chi connectivity index (χ3n) is 17.7. The van der Waals surface area contributed by atoms with Crippen LogP contribution in [0.15, 0.2) is 297 Å². The third kappa shape index (κ3) is 6.65. The molecule has 0 aliphatic carbocycles. The predicted molar refractivity (Wildman–Crippen MR) is 349 cm³/mol. The van der Waals surface area contributed by atoms with Crippen LogP contribution in [0.25, 0.3) is 160 Å². The molecule has 0 spiro atoms. The zero-order chi connectivity index (χ0) is 54.3. The molecule has 18 aromatic rings. The van der Waals surface area contributed by atoms with E-state index >= 15 is 0 Å². The second kappa shape index (κ2) is 17.7. The number of rotatable bonds is 7. The van der Waals surface area contributed by atoms with Crippen molar-refractivity contribution in [3.8, 4) is 50.7 Å². The Morgan fingerprint density at radius 3 is 0.831 bits per heavy atom. The fourth-order valence-electron chi connectivity index (χ4n) is 14.1. The summed E-state index contributed by atoms with van der Waals surface area (Å²) in [5.74, 6) is 0. The number of benzene rings is 13. The van der Waals surface area contributed by atoms with Gasteiger partial charge < -0.3 is 22.8 Å². The van der Waals surface area contributed by atoms with Crippen molar-refractivity contribution >= 4 is 109 Å². The van der Waals surface area contributed by atoms with Crippen molar-refractivity contribution in [3.63, 3.8) is 0 Å². The highest BCUT2D eigenvalue weighted by Gasteiger charge is 2.24. The van der Waals surface area contributed by atoms with Gasteiger partial charge in [0.15, 0.2) is 0 Å². The van der Waals surface area contributed by atoms with Crippen LogP contribution in [-0.4, -0.2) is 22.8 Å². The zero-order valence-electron chi connectivity index (χ0n) is 45.0. The molecule has 5 heterocycles. The maximum Gasteiger partial charge on any atom is 0.0641 e. The molecule has 0 saturated carbocycles. The molecule has 0 fully saturated rings. The summed E-state index contributed by atoms with van der Waals surface area (Å²) >= 11 is 0. The van der Waals surface area contributed by atoms with E-state index in [0.29, 0.717) is 0 Å². The molecule has 0 amide bonds. The summed E-state index contributed by atoms with van der Waals surface area (Å²) in [6.07, 6.45) is 0. The first-order chi connectivity index (χ1) is 41.2. The highest BCUT2D eigenvalue weighted by Crippen LogP contribution is 2.45. The summed E-state index contributed by atoms with van der Waals surface area (Å²) in [6.45, 7) is 0. The second-order valence-electron chi connectivity index (χ2n) is 22.0. The second-order valence-corrected chi connectivity index (χ2v) is 22.0. The Kier molecular flexibility index (Phi) is 9.73. The molecule has 0 aliphatic rings. The lowest BCUT2D eigenvalue weighted by atomic mass is 10.00. The van der Waals surface area contributed by atoms with E-state index in [1.54, 1.807) is 0 Å². The van der Waals surface area contributed by atoms with Crippen LogP contribution >= 0.6 is 0 Å². The largest absolute Gasteiger partial charge is 0.309 e. The van der Waals surface area contributed by atoms with Crippen LogP contribution in [0.2, 0.25) is 0 Å². The molecule has 83 heavy (non-hydrogen) atoms. The van der Waals surface area contributed by atoms with E-state index in [1.807, 2.05) is 0 Å². The van der Waals surface area contributed by atoms with Gasteiger partial charge >= 0.3 is 0 Å². The molecule has 0 N–H and O–H groups in total. The van der Waals surface area contributed by atoms with Gasteiger partial charge in [0.25, 0.3) is 0 Å². The number of para-hydroxylation sites is 7. The molecule has 0 saturated heterocycles. The Morgan fingerprint density at radius 2 is 0.434 bits per heavy atom. The fourth-order valence-corrected chi connectivity index (χ4v) is 14.1. The van der Waals surface area contributed by atoms with Gasteiger partial charge in [-0.1, -0.05) is 176 Å². The molecular formula is C78H49N5. The van der Waals surface area contributed by atoms with E-state index < -0.39 is 0 Å². The normalized spacial score (nSPS) is 12.1. The van der Waals surface area contributed by atoms with Crippen molar-refractivity contribution in [2.45, 2.75) is 0 Å². The van der Waals surface area contributed by atoms with Crippen molar-refractivity contribution < 1.29 is 0 Å². The Labute approximate surface area is 477 Å². The average Bonchev–Trinajstić information content (AvgIpc) is 3.59. The predicted octanol–water partition coefficient (Wildman–Crippen LogP) is 20.5. The maximum absolute atomic E-state index is 2.45. The van der Waals surface area contributed by atoms with Gasteiger partial charge in [-0.15, -0.1) is 0 Å². The molecule has 5 aromatic heterocycles. The minimum atomic E-state index is 1.13. The Balaban J connectivity index is 0.752. The van der Waals surface area contributed by atoms with E-state index in [0.717, 1.165) is 28.4 Å². The van der Waals surface area contributed by atoms with Gasteiger partial charge in [0.05, 0.1) is 55.2 Å². The molecule has 5 heteroatoms. The quantitative estimate of drug-likeness (QED) is 0.152.